The summed E-state index contributed by atoms with van der Waals surface area (Å²) in [5, 5.41) is 21.5. The molecule has 0 amide bonds. The van der Waals surface area contributed by atoms with Crippen molar-refractivity contribution in [1.82, 2.24) is 0 Å². The summed E-state index contributed by atoms with van der Waals surface area (Å²) in [5.74, 6) is 3.17. The zero-order chi connectivity index (χ0) is 21.0. The van der Waals surface area contributed by atoms with Gasteiger partial charge in [0.05, 0.1) is 19.3 Å². The summed E-state index contributed by atoms with van der Waals surface area (Å²) in [4.78, 5) is 11.6. The van der Waals surface area contributed by atoms with Crippen molar-refractivity contribution < 1.29 is 19.7 Å². The number of fused-ring (bicyclic) bond motifs is 5. The molecule has 4 heteroatoms. The van der Waals surface area contributed by atoms with E-state index in [0.29, 0.717) is 47.3 Å². The third kappa shape index (κ3) is 3.46. The van der Waals surface area contributed by atoms with Gasteiger partial charge in [-0.3, -0.25) is 4.79 Å². The first-order valence-electron chi connectivity index (χ1n) is 12.1. The van der Waals surface area contributed by atoms with Gasteiger partial charge in [-0.25, -0.2) is 0 Å². The van der Waals surface area contributed by atoms with E-state index in [1.165, 1.54) is 32.8 Å². The lowest BCUT2D eigenvalue weighted by Gasteiger charge is -2.62. The summed E-state index contributed by atoms with van der Waals surface area (Å²) in [5.41, 5.74) is 0.577. The second-order valence-electron chi connectivity index (χ2n) is 11.5. The Morgan fingerprint density at radius 1 is 1.03 bits per heavy atom. The number of carbonyl (C=O) groups excluding carboxylic acids is 1. The molecule has 0 aromatic rings. The Morgan fingerprint density at radius 2 is 1.72 bits per heavy atom. The number of hydrogen-bond acceptors (Lipinski definition) is 4. The van der Waals surface area contributed by atoms with E-state index in [0.717, 1.165) is 32.1 Å². The molecule has 0 aliphatic heterocycles. The summed E-state index contributed by atoms with van der Waals surface area (Å²) in [6.07, 6.45) is 9.80. The zero-order valence-corrected chi connectivity index (χ0v) is 18.9. The van der Waals surface area contributed by atoms with Gasteiger partial charge >= 0.3 is 5.97 Å². The molecule has 4 nitrogen and oxygen atoms in total. The van der Waals surface area contributed by atoms with E-state index < -0.39 is 0 Å². The Bertz CT molecular complexity index is 620. The van der Waals surface area contributed by atoms with Gasteiger partial charge in [-0.15, -0.1) is 0 Å². The van der Waals surface area contributed by atoms with Crippen LogP contribution in [0.25, 0.3) is 0 Å². The Hall–Kier alpha value is -0.610. The number of aliphatic hydroxyl groups excluding tert-OH is 2. The van der Waals surface area contributed by atoms with E-state index in [9.17, 15) is 15.0 Å². The third-order valence-corrected chi connectivity index (χ3v) is 10.4. The van der Waals surface area contributed by atoms with Crippen molar-refractivity contribution >= 4 is 5.97 Å². The Balaban J connectivity index is 1.53. The molecule has 0 saturated heterocycles. The van der Waals surface area contributed by atoms with Crippen LogP contribution < -0.4 is 0 Å². The minimum atomic E-state index is -0.211. The van der Waals surface area contributed by atoms with Gasteiger partial charge in [0.25, 0.3) is 0 Å². The molecule has 166 valence electrons. The topological polar surface area (TPSA) is 66.8 Å². The van der Waals surface area contributed by atoms with Crippen molar-refractivity contribution in [3.05, 3.63) is 0 Å². The molecule has 4 saturated carbocycles. The van der Waals surface area contributed by atoms with Crippen LogP contribution in [0.5, 0.6) is 0 Å². The maximum atomic E-state index is 11.6. The van der Waals surface area contributed by atoms with Crippen LogP contribution in [0.4, 0.5) is 0 Å². The SMILES string of the molecule is COC(=O)CC[C@@H](C)C1CCC2C3C(CC[C@@]21C)[C@@]1(C)CC[C@@H](O)CC1C[C@H]3O. The quantitative estimate of drug-likeness (QED) is 0.671. The van der Waals surface area contributed by atoms with Gasteiger partial charge in [-0.05, 0) is 104 Å². The van der Waals surface area contributed by atoms with Gasteiger partial charge in [0.2, 0.25) is 0 Å². The fourth-order valence-electron chi connectivity index (χ4n) is 8.82. The predicted octanol–water partition coefficient (Wildman–Crippen LogP) is 4.57. The van der Waals surface area contributed by atoms with Gasteiger partial charge in [0.1, 0.15) is 0 Å². The number of methoxy groups -OCH3 is 1. The number of carbonyl (C=O) groups is 1. The molecule has 29 heavy (non-hydrogen) atoms. The Morgan fingerprint density at radius 3 is 2.45 bits per heavy atom. The second kappa shape index (κ2) is 7.82. The van der Waals surface area contributed by atoms with Crippen LogP contribution in [0.1, 0.15) is 85.0 Å². The van der Waals surface area contributed by atoms with E-state index in [-0.39, 0.29) is 23.6 Å². The fourth-order valence-corrected chi connectivity index (χ4v) is 8.82. The zero-order valence-electron chi connectivity index (χ0n) is 18.9. The molecule has 0 heterocycles. The van der Waals surface area contributed by atoms with Gasteiger partial charge < -0.3 is 14.9 Å². The van der Waals surface area contributed by atoms with E-state index in [1.54, 1.807) is 0 Å². The molecule has 0 bridgehead atoms. The van der Waals surface area contributed by atoms with Gasteiger partial charge in [0, 0.05) is 6.42 Å². The highest BCUT2D eigenvalue weighted by molar-refractivity contribution is 5.69. The highest BCUT2D eigenvalue weighted by Gasteiger charge is 2.62. The van der Waals surface area contributed by atoms with Crippen LogP contribution in [-0.2, 0) is 9.53 Å². The molecule has 4 rings (SSSR count). The van der Waals surface area contributed by atoms with Crippen molar-refractivity contribution in [2.45, 2.75) is 97.2 Å². The summed E-state index contributed by atoms with van der Waals surface area (Å²) < 4.78 is 4.86. The van der Waals surface area contributed by atoms with Crippen LogP contribution in [0.2, 0.25) is 0 Å². The predicted molar refractivity (Wildman–Crippen MR) is 113 cm³/mol. The van der Waals surface area contributed by atoms with Crippen molar-refractivity contribution in [2.75, 3.05) is 7.11 Å². The van der Waals surface area contributed by atoms with E-state index in [4.69, 9.17) is 4.74 Å². The largest absolute Gasteiger partial charge is 0.469 e. The first-order valence-corrected chi connectivity index (χ1v) is 12.1. The average molecular weight is 407 g/mol. The third-order valence-electron chi connectivity index (χ3n) is 10.4. The highest BCUT2D eigenvalue weighted by Crippen LogP contribution is 2.68. The molecule has 0 spiro atoms. The van der Waals surface area contributed by atoms with Gasteiger partial charge in [-0.1, -0.05) is 20.8 Å². The average Bonchev–Trinajstić information content (AvgIpc) is 3.04. The van der Waals surface area contributed by atoms with E-state index in [2.05, 4.69) is 20.8 Å². The number of aliphatic hydroxyl groups is 2. The highest BCUT2D eigenvalue weighted by atomic mass is 16.5. The van der Waals surface area contributed by atoms with Crippen molar-refractivity contribution in [1.29, 1.82) is 0 Å². The van der Waals surface area contributed by atoms with Crippen LogP contribution in [-0.4, -0.2) is 35.5 Å². The van der Waals surface area contributed by atoms with Crippen LogP contribution in [0, 0.1) is 46.3 Å². The summed E-state index contributed by atoms with van der Waals surface area (Å²) >= 11 is 0. The minimum absolute atomic E-state index is 0.0959. The summed E-state index contributed by atoms with van der Waals surface area (Å²) in [6, 6.07) is 0. The lowest BCUT2D eigenvalue weighted by molar-refractivity contribution is -0.174. The van der Waals surface area contributed by atoms with Gasteiger partial charge in [0.15, 0.2) is 0 Å². The summed E-state index contributed by atoms with van der Waals surface area (Å²) in [6.45, 7) is 7.29. The number of esters is 1. The molecule has 0 radical (unpaired) electrons. The molecule has 0 aromatic heterocycles. The smallest absolute Gasteiger partial charge is 0.305 e. The van der Waals surface area contributed by atoms with Crippen LogP contribution in [0.15, 0.2) is 0 Å². The summed E-state index contributed by atoms with van der Waals surface area (Å²) in [7, 11) is 1.48. The van der Waals surface area contributed by atoms with E-state index in [1.807, 2.05) is 0 Å². The monoisotopic (exact) mass is 406 g/mol. The molecule has 4 aliphatic rings. The molecule has 4 aliphatic carbocycles. The van der Waals surface area contributed by atoms with Crippen LogP contribution in [0.3, 0.4) is 0 Å². The Kier molecular flexibility index (Phi) is 5.83. The first-order chi connectivity index (χ1) is 13.7. The molecule has 5 unspecified atom stereocenters. The van der Waals surface area contributed by atoms with Crippen molar-refractivity contribution in [3.63, 3.8) is 0 Å². The van der Waals surface area contributed by atoms with Crippen LogP contribution >= 0.6 is 0 Å². The first kappa shape index (κ1) is 21.6. The molecular formula is C25H42O4. The standard InChI is InChI=1S/C25H42O4/c1-15(5-8-22(28)29-4)18-6-7-19-23-20(10-12-25(18,19)3)24(2)11-9-17(26)13-16(24)14-21(23)27/h15-21,23,26-27H,5-14H2,1-4H3/t15-,16?,17-,18?,19?,20?,21-,23?,24+,25-/m1/s1. The number of ether oxygens (including phenoxy) is 1. The maximum absolute atomic E-state index is 11.6. The second-order valence-corrected chi connectivity index (χ2v) is 11.5. The molecule has 0 aromatic carbocycles. The van der Waals surface area contributed by atoms with Gasteiger partial charge in [-0.2, -0.15) is 0 Å². The Labute approximate surface area is 176 Å². The molecule has 4 fully saturated rings. The fraction of sp³-hybridized carbons (Fsp3) is 0.960. The molecule has 2 N–H and O–H groups in total. The van der Waals surface area contributed by atoms with Crippen molar-refractivity contribution in [3.8, 4) is 0 Å². The normalized spacial score (nSPS) is 50.2. The lowest BCUT2D eigenvalue weighted by atomic mass is 9.43. The minimum Gasteiger partial charge on any atom is -0.469 e. The maximum Gasteiger partial charge on any atom is 0.305 e. The lowest BCUT2D eigenvalue weighted by Crippen LogP contribution is -2.58. The van der Waals surface area contributed by atoms with Crippen molar-refractivity contribution in [2.24, 2.45) is 46.3 Å². The molecule has 10 atom stereocenters. The molecular weight excluding hydrogens is 364 g/mol. The number of rotatable bonds is 4. The number of hydrogen-bond donors (Lipinski definition) is 2. The van der Waals surface area contributed by atoms with E-state index >= 15 is 0 Å².